The predicted molar refractivity (Wildman–Crippen MR) is 323 cm³/mol. The van der Waals surface area contributed by atoms with Gasteiger partial charge in [0.05, 0.1) is 0 Å². The van der Waals surface area contributed by atoms with Crippen LogP contribution in [0.4, 0.5) is 22.7 Å². The number of benzene rings is 4. The molecular weight excluding hydrogens is 1030 g/mol. The Morgan fingerprint density at radius 3 is 0.743 bits per heavy atom. The van der Waals surface area contributed by atoms with E-state index in [1.54, 1.807) is 0 Å². The van der Waals surface area contributed by atoms with E-state index in [1.807, 2.05) is 0 Å². The van der Waals surface area contributed by atoms with Gasteiger partial charge in [-0.2, -0.15) is 0 Å². The van der Waals surface area contributed by atoms with Gasteiger partial charge in [-0.3, -0.25) is 0 Å². The van der Waals surface area contributed by atoms with Crippen molar-refractivity contribution in [3.63, 3.8) is 0 Å². The summed E-state index contributed by atoms with van der Waals surface area (Å²) in [4.78, 5) is 16.0. The van der Waals surface area contributed by atoms with Crippen LogP contribution in [0, 0.1) is 0 Å². The fourth-order valence-electron chi connectivity index (χ4n) is 10.9. The smallest absolute Gasteiger partial charge is 2.00 e. The second-order valence-corrected chi connectivity index (χ2v) is 23.5. The Kier molecular flexibility index (Phi) is 29.5. The molecule has 2 aliphatic rings. The molecule has 0 spiro atoms. The molecule has 2 fully saturated rings. The second-order valence-electron chi connectivity index (χ2n) is 23.5. The van der Waals surface area contributed by atoms with E-state index in [0.717, 1.165) is 34.7 Å². The number of hydrogen-bond acceptors (Lipinski definition) is 2. The van der Waals surface area contributed by atoms with E-state index < -0.39 is 0 Å². The Balaban J connectivity index is 0.000000702. The molecule has 0 bridgehead atoms. The van der Waals surface area contributed by atoms with Gasteiger partial charge in [-0.05, 0) is 164 Å². The largest absolute Gasteiger partial charge is 3.00 e. The first-order valence-electron chi connectivity index (χ1n) is 27.7. The summed E-state index contributed by atoms with van der Waals surface area (Å²) in [5.74, 6) is 4.98. The van der Waals surface area contributed by atoms with Gasteiger partial charge in [0, 0.05) is 11.9 Å². The Bertz CT molecular complexity index is 2100. The van der Waals surface area contributed by atoms with Crippen molar-refractivity contribution in [3.8, 4) is 0 Å². The van der Waals surface area contributed by atoms with Gasteiger partial charge in [-0.1, -0.05) is 224 Å². The molecule has 74 heavy (non-hydrogen) atoms. The minimum Gasteiger partial charge on any atom is -2.00 e. The summed E-state index contributed by atoms with van der Waals surface area (Å²) in [6, 6.07) is 28.4. The summed E-state index contributed by atoms with van der Waals surface area (Å²) in [6.45, 7) is 45.7. The van der Waals surface area contributed by atoms with Gasteiger partial charge in [0.25, 0.3) is 0 Å². The molecule has 0 saturated carbocycles. The third-order valence-electron chi connectivity index (χ3n) is 15.1. The first-order chi connectivity index (χ1) is 33.0. The number of piperidine rings is 2. The summed E-state index contributed by atoms with van der Waals surface area (Å²) >= 11 is 0. The maximum absolute atomic E-state index is 5.50. The number of hydrogen-bond donors (Lipinski definition) is 0. The monoisotopic (exact) mass is 1120 g/mol. The summed E-state index contributed by atoms with van der Waals surface area (Å²) < 4.78 is 0. The molecule has 10 heteroatoms. The van der Waals surface area contributed by atoms with Crippen LogP contribution in [-0.2, 0) is 61.1 Å². The van der Waals surface area contributed by atoms with Crippen LogP contribution >= 0.6 is 0 Å². The zero-order valence-electron chi connectivity index (χ0n) is 49.3. The molecule has 0 N–H and O–H groups in total. The minimum atomic E-state index is 0. The third-order valence-corrected chi connectivity index (χ3v) is 15.1. The number of para-hydroxylation sites is 4. The van der Waals surface area contributed by atoms with Crippen molar-refractivity contribution in [1.29, 1.82) is 0 Å². The molecule has 0 unspecified atom stereocenters. The van der Waals surface area contributed by atoms with Crippen molar-refractivity contribution in [3.05, 3.63) is 128 Å². The van der Waals surface area contributed by atoms with Crippen LogP contribution < -0.4 is 0 Å². The molecule has 6 rings (SSSR count). The van der Waals surface area contributed by atoms with Crippen molar-refractivity contribution < 1.29 is 34.1 Å². The van der Waals surface area contributed by atoms with E-state index in [4.69, 9.17) is 20.6 Å². The quantitative estimate of drug-likeness (QED) is 0.0806. The minimum absolute atomic E-state index is 0. The Labute approximate surface area is 488 Å². The van der Waals surface area contributed by atoms with Crippen LogP contribution in [0.5, 0.6) is 0 Å². The maximum atomic E-state index is 5.50. The van der Waals surface area contributed by atoms with Gasteiger partial charge >= 0.3 is 34.1 Å². The van der Waals surface area contributed by atoms with Gasteiger partial charge in [0.15, 0.2) is 0 Å². The Morgan fingerprint density at radius 1 is 0.365 bits per heavy atom. The molecule has 4 atom stereocenters. The van der Waals surface area contributed by atoms with Crippen molar-refractivity contribution >= 4 is 61.7 Å². The average molecular weight is 1130 g/mol. The SMILES string of the molecule is CC(C)c1cccc(C(C)C)c1N=C([N-]c1c(C(C)C)cccc1C(C)C)N1[C@H](C)CCC[C@@H]1C.CC(C)c1cccc(C(C)C)c1N=C([N-]c1c(C(C)C)cccc1C(C)C)N1[C@H](C)CCC[C@@H]1C.[Fe+3].[Fe+3].[S-2].[S-2]. The van der Waals surface area contributed by atoms with Crippen molar-refractivity contribution in [2.24, 2.45) is 9.98 Å². The van der Waals surface area contributed by atoms with Crippen molar-refractivity contribution in [2.75, 3.05) is 0 Å². The van der Waals surface area contributed by atoms with Gasteiger partial charge in [0.1, 0.15) is 0 Å². The normalized spacial score (nSPS) is 18.3. The average Bonchev–Trinajstić information content (AvgIpc) is 3.28. The molecule has 2 saturated heterocycles. The molecule has 0 aliphatic carbocycles. The van der Waals surface area contributed by atoms with Crippen LogP contribution in [0.15, 0.2) is 82.8 Å². The molecule has 0 amide bonds. The van der Waals surface area contributed by atoms with Crippen LogP contribution in [0.3, 0.4) is 0 Å². The second kappa shape index (κ2) is 31.5. The van der Waals surface area contributed by atoms with E-state index in [2.05, 4.69) is 221 Å². The van der Waals surface area contributed by atoms with E-state index in [9.17, 15) is 0 Å². The maximum Gasteiger partial charge on any atom is 3.00 e. The number of nitrogens with zero attached hydrogens (tertiary/aromatic N) is 6. The molecule has 2 aliphatic heterocycles. The predicted octanol–water partition coefficient (Wildman–Crippen LogP) is 20.3. The zero-order chi connectivity index (χ0) is 51.7. The first kappa shape index (κ1) is 69.2. The van der Waals surface area contributed by atoms with Gasteiger partial charge in [-0.15, -0.1) is 0 Å². The first-order valence-corrected chi connectivity index (χ1v) is 27.7. The number of rotatable bonds is 12. The molecule has 2 heterocycles. The van der Waals surface area contributed by atoms with Gasteiger partial charge in [0.2, 0.25) is 0 Å². The number of likely N-dealkylation sites (tertiary alicyclic amines) is 2. The molecule has 6 nitrogen and oxygen atoms in total. The summed E-state index contributed by atoms with van der Waals surface area (Å²) in [5.41, 5.74) is 14.9. The van der Waals surface area contributed by atoms with E-state index in [-0.39, 0.29) is 61.1 Å². The van der Waals surface area contributed by atoms with E-state index >= 15 is 0 Å². The van der Waals surface area contributed by atoms with Gasteiger partial charge < -0.3 is 57.4 Å². The van der Waals surface area contributed by atoms with Crippen LogP contribution in [0.1, 0.15) is 269 Å². The van der Waals surface area contributed by atoms with Gasteiger partial charge in [-0.25, -0.2) is 0 Å². The molecular formula is C64H96Fe2N6S2. The third kappa shape index (κ3) is 17.1. The van der Waals surface area contributed by atoms with E-state index in [1.165, 1.54) is 83.0 Å². The topological polar surface area (TPSA) is 59.4 Å². The van der Waals surface area contributed by atoms with Crippen LogP contribution in [-0.4, -0.2) is 45.9 Å². The molecule has 4 aromatic rings. The molecule has 0 aromatic heterocycles. The standard InChI is InChI=1S/2C32H48N3.2Fe.2S/c2*1-20(2)26-16-12-17-27(21(3)4)30(26)33-32(35-24(9)14-11-15-25(35)10)34-31-28(22(5)6)18-13-19-29(31)23(7)8;;;;/h2*12-13,16-25H,11,14-15H2,1-10H3;;;;/q2*-1;2*+3;2*-2/t2*24-,25+;;;;. The molecule has 410 valence electrons. The number of aliphatic imine (C=N–C) groups is 2. The fourth-order valence-corrected chi connectivity index (χ4v) is 10.9. The van der Waals surface area contributed by atoms with Crippen molar-refractivity contribution in [1.82, 2.24) is 9.80 Å². The van der Waals surface area contributed by atoms with Crippen LogP contribution in [0.2, 0.25) is 0 Å². The number of guanidine groups is 2. The van der Waals surface area contributed by atoms with Crippen molar-refractivity contribution in [2.45, 2.75) is 249 Å². The summed E-state index contributed by atoms with van der Waals surface area (Å²) in [5, 5.41) is 11.0. The van der Waals surface area contributed by atoms with E-state index in [0.29, 0.717) is 71.5 Å². The fraction of sp³-hybridized carbons (Fsp3) is 0.594. The Morgan fingerprint density at radius 2 is 0.554 bits per heavy atom. The summed E-state index contributed by atoms with van der Waals surface area (Å²) in [6.07, 6.45) is 7.28. The Hall–Kier alpha value is -2.84. The van der Waals surface area contributed by atoms with Crippen LogP contribution in [0.25, 0.3) is 10.6 Å². The molecule has 4 aromatic carbocycles. The zero-order valence-corrected chi connectivity index (χ0v) is 53.1. The molecule has 2 radical (unpaired) electrons. The summed E-state index contributed by atoms with van der Waals surface area (Å²) in [7, 11) is 0.